The number of phenols is 1. The van der Waals surface area contributed by atoms with E-state index in [-0.39, 0.29) is 33.5 Å². The fourth-order valence-electron chi connectivity index (χ4n) is 3.84. The monoisotopic (exact) mass is 524 g/mol. The number of pyridine rings is 1. The summed E-state index contributed by atoms with van der Waals surface area (Å²) in [5.74, 6) is -3.14. The Morgan fingerprint density at radius 1 is 0.947 bits per heavy atom. The zero-order valence-electron chi connectivity index (χ0n) is 19.6. The summed E-state index contributed by atoms with van der Waals surface area (Å²) in [7, 11) is 1.13. The van der Waals surface area contributed by atoms with Gasteiger partial charge in [-0.2, -0.15) is 13.2 Å². The summed E-state index contributed by atoms with van der Waals surface area (Å²) < 4.78 is 44.2. The first-order chi connectivity index (χ1) is 18.0. The highest BCUT2D eigenvalue weighted by Gasteiger charge is 2.30. The van der Waals surface area contributed by atoms with E-state index in [4.69, 9.17) is 4.74 Å². The second kappa shape index (κ2) is 10.2. The number of methoxy groups -OCH3 is 1. The van der Waals surface area contributed by atoms with E-state index in [0.717, 1.165) is 25.3 Å². The lowest BCUT2D eigenvalue weighted by atomic mass is 9.98. The molecular formula is C27H19F3N2O6. The zero-order chi connectivity index (χ0) is 27.6. The van der Waals surface area contributed by atoms with Gasteiger partial charge in [-0.3, -0.25) is 4.79 Å². The molecule has 0 aliphatic carbocycles. The highest BCUT2D eigenvalue weighted by molar-refractivity contribution is 6.07. The van der Waals surface area contributed by atoms with Crippen LogP contribution in [0.15, 0.2) is 72.8 Å². The maximum absolute atomic E-state index is 13.2. The molecule has 1 aromatic heterocycles. The quantitative estimate of drug-likeness (QED) is 0.304. The molecule has 4 aromatic rings. The first-order valence-electron chi connectivity index (χ1n) is 11.0. The average molecular weight is 524 g/mol. The van der Waals surface area contributed by atoms with E-state index in [1.165, 1.54) is 54.6 Å². The van der Waals surface area contributed by atoms with Crippen molar-refractivity contribution in [2.45, 2.75) is 12.2 Å². The van der Waals surface area contributed by atoms with Crippen molar-refractivity contribution >= 4 is 28.7 Å². The maximum Gasteiger partial charge on any atom is 0.416 e. The van der Waals surface area contributed by atoms with Gasteiger partial charge in [0.05, 0.1) is 23.8 Å². The number of nitrogens with zero attached hydrogens (tertiary/aromatic N) is 1. The molecule has 11 heteroatoms. The first kappa shape index (κ1) is 26.1. The third-order valence-electron chi connectivity index (χ3n) is 5.73. The Hall–Kier alpha value is -4.93. The molecule has 4 rings (SSSR count). The van der Waals surface area contributed by atoms with Crippen LogP contribution >= 0.6 is 0 Å². The van der Waals surface area contributed by atoms with Gasteiger partial charge in [-0.25, -0.2) is 14.6 Å². The van der Waals surface area contributed by atoms with Gasteiger partial charge >= 0.3 is 18.1 Å². The summed E-state index contributed by atoms with van der Waals surface area (Å²) in [5, 5.41) is 21.9. The lowest BCUT2D eigenvalue weighted by molar-refractivity contribution is -0.143. The van der Waals surface area contributed by atoms with Gasteiger partial charge in [0, 0.05) is 5.39 Å². The lowest BCUT2D eigenvalue weighted by Gasteiger charge is -2.17. The Labute approximate surface area is 213 Å². The number of aromatic carboxylic acids is 1. The number of hydrogen-bond donors (Lipinski definition) is 3. The molecule has 0 unspecified atom stereocenters. The maximum atomic E-state index is 13.2. The van der Waals surface area contributed by atoms with E-state index in [1.807, 2.05) is 0 Å². The normalized spacial score (nSPS) is 12.1. The minimum absolute atomic E-state index is 0.0597. The molecule has 0 radical (unpaired) electrons. The van der Waals surface area contributed by atoms with Crippen molar-refractivity contribution in [2.75, 3.05) is 7.11 Å². The molecule has 0 spiro atoms. The molecule has 194 valence electrons. The summed E-state index contributed by atoms with van der Waals surface area (Å²) in [4.78, 5) is 41.6. The van der Waals surface area contributed by atoms with Crippen LogP contribution in [-0.4, -0.2) is 40.2 Å². The summed E-state index contributed by atoms with van der Waals surface area (Å²) in [5.41, 5.74) is -0.536. The van der Waals surface area contributed by atoms with Gasteiger partial charge < -0.3 is 20.3 Å². The fourth-order valence-corrected chi connectivity index (χ4v) is 3.84. The van der Waals surface area contributed by atoms with Crippen LogP contribution in [0.25, 0.3) is 22.0 Å². The third kappa shape index (κ3) is 5.41. The topological polar surface area (TPSA) is 126 Å². The number of carbonyl (C=O) groups excluding carboxylic acids is 2. The molecule has 1 heterocycles. The molecule has 0 saturated carbocycles. The number of aromatic nitrogens is 1. The zero-order valence-corrected chi connectivity index (χ0v) is 19.6. The molecule has 3 aromatic carbocycles. The Kier molecular flexibility index (Phi) is 7.02. The number of esters is 1. The van der Waals surface area contributed by atoms with Crippen molar-refractivity contribution < 1.29 is 42.5 Å². The van der Waals surface area contributed by atoms with Gasteiger partial charge in [-0.15, -0.1) is 0 Å². The Morgan fingerprint density at radius 3 is 2.26 bits per heavy atom. The predicted molar refractivity (Wildman–Crippen MR) is 129 cm³/mol. The molecule has 8 nitrogen and oxygen atoms in total. The molecule has 1 amide bonds. The number of halogens is 3. The Bertz CT molecular complexity index is 1550. The van der Waals surface area contributed by atoms with Crippen LogP contribution in [0.1, 0.15) is 38.0 Å². The van der Waals surface area contributed by atoms with Crippen molar-refractivity contribution in [1.29, 1.82) is 0 Å². The van der Waals surface area contributed by atoms with Crippen LogP contribution in [0.5, 0.6) is 5.75 Å². The SMILES string of the molecule is COC(=O)[C@@H](NC(=O)c1cc(C(=O)O)c2cc(-c3cccc(C(F)(F)F)c3)ccc2n1)c1ccc(O)cc1. The van der Waals surface area contributed by atoms with Crippen LogP contribution < -0.4 is 5.32 Å². The molecular weight excluding hydrogens is 505 g/mol. The summed E-state index contributed by atoms with van der Waals surface area (Å²) in [6.45, 7) is 0. The molecule has 3 N–H and O–H groups in total. The van der Waals surface area contributed by atoms with Gasteiger partial charge in [-0.1, -0.05) is 30.3 Å². The van der Waals surface area contributed by atoms with Gasteiger partial charge in [0.25, 0.3) is 5.91 Å². The number of carboxylic acids is 1. The van der Waals surface area contributed by atoms with E-state index in [1.54, 1.807) is 0 Å². The fraction of sp³-hybridized carbons (Fsp3) is 0.111. The highest BCUT2D eigenvalue weighted by atomic mass is 19.4. The number of ether oxygens (including phenoxy) is 1. The number of nitrogens with one attached hydrogen (secondary N) is 1. The largest absolute Gasteiger partial charge is 0.508 e. The van der Waals surface area contributed by atoms with E-state index >= 15 is 0 Å². The Morgan fingerprint density at radius 2 is 1.63 bits per heavy atom. The smallest absolute Gasteiger partial charge is 0.416 e. The van der Waals surface area contributed by atoms with Crippen LogP contribution in [0.2, 0.25) is 0 Å². The lowest BCUT2D eigenvalue weighted by Crippen LogP contribution is -2.35. The van der Waals surface area contributed by atoms with Crippen molar-refractivity contribution in [2.24, 2.45) is 0 Å². The number of rotatable bonds is 6. The summed E-state index contributed by atoms with van der Waals surface area (Å²) in [6, 6.07) is 14.0. The molecule has 0 aliphatic rings. The van der Waals surface area contributed by atoms with Gasteiger partial charge in [0.2, 0.25) is 0 Å². The van der Waals surface area contributed by atoms with E-state index < -0.39 is 35.6 Å². The standard InChI is InChI=1S/C27H19F3N2O6/c1-38-26(37)23(14-5-8-18(33)9-6-14)32-24(34)22-13-20(25(35)36)19-12-16(7-10-21(19)31-22)15-3-2-4-17(11-15)27(28,29)30/h2-13,23,33H,1H3,(H,32,34)(H,35,36)/t23-/m0/s1. The molecule has 0 aliphatic heterocycles. The van der Waals surface area contributed by atoms with Crippen LogP contribution in [-0.2, 0) is 15.7 Å². The van der Waals surface area contributed by atoms with Gasteiger partial charge in [-0.05, 0) is 59.2 Å². The van der Waals surface area contributed by atoms with Crippen LogP contribution in [0.3, 0.4) is 0 Å². The number of alkyl halides is 3. The number of fused-ring (bicyclic) bond motifs is 1. The number of carbonyl (C=O) groups is 3. The van der Waals surface area contributed by atoms with Crippen molar-refractivity contribution in [3.05, 3.63) is 95.2 Å². The number of amides is 1. The van der Waals surface area contributed by atoms with Crippen LogP contribution in [0, 0.1) is 0 Å². The minimum Gasteiger partial charge on any atom is -0.508 e. The third-order valence-corrected chi connectivity index (χ3v) is 5.73. The second-order valence-corrected chi connectivity index (χ2v) is 8.19. The predicted octanol–water partition coefficient (Wildman–Crippen LogP) is 4.97. The molecule has 0 bridgehead atoms. The number of aromatic hydroxyl groups is 1. The summed E-state index contributed by atoms with van der Waals surface area (Å²) in [6.07, 6.45) is -4.55. The van der Waals surface area contributed by atoms with Crippen molar-refractivity contribution in [3.63, 3.8) is 0 Å². The molecule has 0 saturated heterocycles. The molecule has 38 heavy (non-hydrogen) atoms. The van der Waals surface area contributed by atoms with Gasteiger partial charge in [0.1, 0.15) is 11.4 Å². The average Bonchev–Trinajstić information content (AvgIpc) is 2.90. The molecule has 1 atom stereocenters. The Balaban J connectivity index is 1.73. The second-order valence-electron chi connectivity index (χ2n) is 8.19. The number of phenolic OH excluding ortho intramolecular Hbond substituents is 1. The number of benzene rings is 3. The van der Waals surface area contributed by atoms with Gasteiger partial charge in [0.15, 0.2) is 6.04 Å². The van der Waals surface area contributed by atoms with Crippen molar-refractivity contribution in [1.82, 2.24) is 10.3 Å². The van der Waals surface area contributed by atoms with E-state index in [2.05, 4.69) is 10.3 Å². The first-order valence-corrected chi connectivity index (χ1v) is 11.0. The highest BCUT2D eigenvalue weighted by Crippen LogP contribution is 2.33. The van der Waals surface area contributed by atoms with E-state index in [0.29, 0.717) is 11.1 Å². The molecule has 0 fully saturated rings. The van der Waals surface area contributed by atoms with Crippen LogP contribution in [0.4, 0.5) is 13.2 Å². The van der Waals surface area contributed by atoms with Crippen molar-refractivity contribution in [3.8, 4) is 16.9 Å². The summed E-state index contributed by atoms with van der Waals surface area (Å²) >= 11 is 0. The van der Waals surface area contributed by atoms with E-state index in [9.17, 15) is 37.8 Å². The number of hydrogen-bond acceptors (Lipinski definition) is 6. The minimum atomic E-state index is -4.55. The number of carboxylic acid groups (broad SMARTS) is 1.